The first-order chi connectivity index (χ1) is 14.0. The van der Waals surface area contributed by atoms with Crippen LogP contribution < -0.4 is 22.1 Å². The molecule has 0 radical (unpaired) electrons. The Morgan fingerprint density at radius 3 is 2.47 bits per heavy atom. The third kappa shape index (κ3) is 8.48. The van der Waals surface area contributed by atoms with Crippen molar-refractivity contribution in [3.05, 3.63) is 28.8 Å². The van der Waals surface area contributed by atoms with Crippen LogP contribution >= 0.6 is 11.6 Å². The van der Waals surface area contributed by atoms with Crippen molar-refractivity contribution in [2.45, 2.75) is 50.7 Å². The van der Waals surface area contributed by atoms with Crippen LogP contribution in [0, 0.1) is 0 Å². The van der Waals surface area contributed by atoms with Crippen molar-refractivity contribution in [3.63, 3.8) is 0 Å². The number of anilines is 1. The van der Waals surface area contributed by atoms with Crippen LogP contribution in [0.1, 0.15) is 38.7 Å². The van der Waals surface area contributed by atoms with Crippen LogP contribution in [0.15, 0.2) is 23.2 Å². The van der Waals surface area contributed by atoms with E-state index < -0.39 is 18.1 Å². The van der Waals surface area contributed by atoms with E-state index in [0.29, 0.717) is 29.0 Å². The zero-order chi connectivity index (χ0) is 22.9. The molecular weight excluding hydrogens is 414 g/mol. The van der Waals surface area contributed by atoms with Gasteiger partial charge in [-0.2, -0.15) is 0 Å². The molecule has 0 spiro atoms. The molecule has 0 unspecified atom stereocenters. The second-order valence-corrected chi connectivity index (χ2v) is 7.51. The van der Waals surface area contributed by atoms with Crippen molar-refractivity contribution < 1.29 is 24.3 Å². The summed E-state index contributed by atoms with van der Waals surface area (Å²) in [6.07, 6.45) is 2.32. The number of benzene rings is 1. The Morgan fingerprint density at radius 1 is 1.37 bits per heavy atom. The second-order valence-electron chi connectivity index (χ2n) is 7.10. The van der Waals surface area contributed by atoms with Crippen molar-refractivity contribution in [1.82, 2.24) is 10.6 Å². The molecule has 30 heavy (non-hydrogen) atoms. The number of amides is 2. The van der Waals surface area contributed by atoms with Crippen molar-refractivity contribution in [2.24, 2.45) is 10.7 Å². The number of nitrogens with one attached hydrogen (secondary N) is 2. The average molecular weight is 440 g/mol. The standard InChI is InChI=1S/C14H19ClN4O.C5H7NO4/c1-8(13(20)19-14(2)5-6-14)18-12(17)9-3-4-11(16)10(15)7-9;7-2-4(6-3-8)1-5(9)10/h3-4,7-8H,5-6,16H2,1-2H3,(H2,17,18)(H,19,20);2-4H,1H2,(H,6,8)(H,9,10)/t8-;4-/m00/s1. The number of nitrogens with zero attached hydrogens (tertiary/aromatic N) is 1. The van der Waals surface area contributed by atoms with Gasteiger partial charge in [-0.3, -0.25) is 19.4 Å². The predicted octanol–water partition coefficient (Wildman–Crippen LogP) is 0.459. The van der Waals surface area contributed by atoms with E-state index in [-0.39, 0.29) is 23.7 Å². The van der Waals surface area contributed by atoms with Gasteiger partial charge in [0.05, 0.1) is 23.2 Å². The van der Waals surface area contributed by atoms with Crippen molar-refractivity contribution in [3.8, 4) is 0 Å². The van der Waals surface area contributed by atoms with Gasteiger partial charge in [0, 0.05) is 11.1 Å². The fraction of sp³-hybridized carbons (Fsp3) is 0.421. The van der Waals surface area contributed by atoms with E-state index in [1.807, 2.05) is 12.2 Å². The summed E-state index contributed by atoms with van der Waals surface area (Å²) in [6.45, 7) is 3.73. The number of carboxylic acids is 1. The molecule has 1 fully saturated rings. The number of carboxylic acid groups (broad SMARTS) is 1. The molecule has 11 heteroatoms. The molecular formula is C19H26ClN5O5. The fourth-order valence-corrected chi connectivity index (χ4v) is 2.35. The minimum atomic E-state index is -1.12. The van der Waals surface area contributed by atoms with Gasteiger partial charge in [-0.05, 0) is 44.9 Å². The third-order valence-electron chi connectivity index (χ3n) is 4.27. The average Bonchev–Trinajstić information content (AvgIpc) is 3.40. The minimum Gasteiger partial charge on any atom is -0.481 e. The van der Waals surface area contributed by atoms with E-state index in [4.69, 9.17) is 28.2 Å². The number of amidine groups is 1. The number of hydrogen-bond acceptors (Lipinski definition) is 6. The first-order valence-electron chi connectivity index (χ1n) is 9.09. The van der Waals surface area contributed by atoms with E-state index in [9.17, 15) is 19.2 Å². The van der Waals surface area contributed by atoms with Gasteiger partial charge in [-0.25, -0.2) is 0 Å². The Hall–Kier alpha value is -3.14. The number of aliphatic imine (C=N–C) groups is 1. The molecule has 1 aliphatic carbocycles. The summed E-state index contributed by atoms with van der Waals surface area (Å²) in [5.41, 5.74) is 12.6. The highest BCUT2D eigenvalue weighted by Crippen LogP contribution is 2.34. The molecule has 1 aromatic carbocycles. The first-order valence-corrected chi connectivity index (χ1v) is 9.46. The monoisotopic (exact) mass is 439 g/mol. The molecule has 0 aromatic heterocycles. The summed E-state index contributed by atoms with van der Waals surface area (Å²) in [7, 11) is 0. The highest BCUT2D eigenvalue weighted by molar-refractivity contribution is 6.33. The Labute approximate surface area is 179 Å². The number of aldehydes is 1. The minimum absolute atomic E-state index is 0.0554. The smallest absolute Gasteiger partial charge is 0.305 e. The molecule has 2 rings (SSSR count). The van der Waals surface area contributed by atoms with E-state index in [2.05, 4.69) is 10.3 Å². The highest BCUT2D eigenvalue weighted by Gasteiger charge is 2.39. The number of rotatable bonds is 9. The fourth-order valence-electron chi connectivity index (χ4n) is 2.16. The Bertz CT molecular complexity index is 826. The van der Waals surface area contributed by atoms with Gasteiger partial charge in [-0.1, -0.05) is 11.6 Å². The van der Waals surface area contributed by atoms with Crippen LogP contribution in [-0.2, 0) is 19.2 Å². The van der Waals surface area contributed by atoms with Gasteiger partial charge in [-0.15, -0.1) is 0 Å². The summed E-state index contributed by atoms with van der Waals surface area (Å²) in [5, 5.41) is 13.5. The largest absolute Gasteiger partial charge is 0.481 e. The van der Waals surface area contributed by atoms with Gasteiger partial charge in [0.15, 0.2) is 0 Å². The molecule has 0 aliphatic heterocycles. The molecule has 1 aliphatic rings. The topological polar surface area (TPSA) is 177 Å². The number of nitrogen functional groups attached to an aromatic ring is 1. The number of halogens is 1. The van der Waals surface area contributed by atoms with Crippen molar-refractivity contribution >= 4 is 47.7 Å². The van der Waals surface area contributed by atoms with Gasteiger partial charge in [0.2, 0.25) is 12.3 Å². The van der Waals surface area contributed by atoms with Crippen LogP contribution in [0.3, 0.4) is 0 Å². The predicted molar refractivity (Wildman–Crippen MR) is 113 cm³/mol. The maximum atomic E-state index is 12.0. The number of carbonyl (C=O) groups excluding carboxylic acids is 3. The van der Waals surface area contributed by atoms with Crippen molar-refractivity contribution in [1.29, 1.82) is 0 Å². The zero-order valence-electron chi connectivity index (χ0n) is 16.7. The molecule has 10 nitrogen and oxygen atoms in total. The summed E-state index contributed by atoms with van der Waals surface area (Å²) in [5.74, 6) is -0.962. The summed E-state index contributed by atoms with van der Waals surface area (Å²) < 4.78 is 0. The Kier molecular flexibility index (Phi) is 9.25. The molecule has 2 amide bonds. The SMILES string of the molecule is C[C@H](N=C(N)c1ccc(N)c(Cl)c1)C(=O)NC1(C)CC1.O=CN[C@H](C=O)CC(=O)O. The molecule has 1 saturated carbocycles. The Morgan fingerprint density at radius 2 is 2.00 bits per heavy atom. The quantitative estimate of drug-likeness (QED) is 0.160. The zero-order valence-corrected chi connectivity index (χ0v) is 17.5. The molecule has 164 valence electrons. The maximum absolute atomic E-state index is 12.0. The molecule has 0 bridgehead atoms. The lowest BCUT2D eigenvalue weighted by Gasteiger charge is -2.14. The van der Waals surface area contributed by atoms with E-state index in [0.717, 1.165) is 12.8 Å². The van der Waals surface area contributed by atoms with Gasteiger partial charge in [0.25, 0.3) is 0 Å². The lowest BCUT2D eigenvalue weighted by Crippen LogP contribution is -2.40. The highest BCUT2D eigenvalue weighted by atomic mass is 35.5. The maximum Gasteiger partial charge on any atom is 0.305 e. The summed E-state index contributed by atoms with van der Waals surface area (Å²) in [6, 6.07) is 3.59. The van der Waals surface area contributed by atoms with E-state index in [1.54, 1.807) is 25.1 Å². The van der Waals surface area contributed by atoms with E-state index >= 15 is 0 Å². The number of hydrogen-bond donors (Lipinski definition) is 5. The van der Waals surface area contributed by atoms with Crippen LogP contribution in [0.4, 0.5) is 5.69 Å². The van der Waals surface area contributed by atoms with Gasteiger partial charge < -0.3 is 32.0 Å². The van der Waals surface area contributed by atoms with Gasteiger partial charge in [0.1, 0.15) is 18.2 Å². The number of carbonyl (C=O) groups is 4. The number of aliphatic carboxylic acids is 1. The van der Waals surface area contributed by atoms with E-state index in [1.165, 1.54) is 0 Å². The lowest BCUT2D eigenvalue weighted by molar-refractivity contribution is -0.138. The normalized spacial score (nSPS) is 16.2. The third-order valence-corrected chi connectivity index (χ3v) is 4.60. The van der Waals surface area contributed by atoms with Crippen molar-refractivity contribution in [2.75, 3.05) is 5.73 Å². The summed E-state index contributed by atoms with van der Waals surface area (Å²) in [4.78, 5) is 45.7. The molecule has 1 aromatic rings. The van der Waals surface area contributed by atoms with Gasteiger partial charge >= 0.3 is 5.97 Å². The molecule has 7 N–H and O–H groups in total. The Balaban J connectivity index is 0.000000382. The molecule has 0 saturated heterocycles. The second kappa shape index (κ2) is 11.1. The molecule has 0 heterocycles. The first kappa shape index (κ1) is 24.9. The van der Waals surface area contributed by atoms with Crippen LogP contribution in [-0.4, -0.2) is 53.1 Å². The molecule has 2 atom stereocenters. The lowest BCUT2D eigenvalue weighted by atomic mass is 10.2. The van der Waals surface area contributed by atoms with Crippen LogP contribution in [0.2, 0.25) is 5.02 Å². The van der Waals surface area contributed by atoms with Crippen LogP contribution in [0.25, 0.3) is 0 Å². The summed E-state index contributed by atoms with van der Waals surface area (Å²) >= 11 is 5.94. The van der Waals surface area contributed by atoms with Crippen LogP contribution in [0.5, 0.6) is 0 Å². The number of nitrogens with two attached hydrogens (primary N) is 2.